The average molecular weight is 737 g/mol. The summed E-state index contributed by atoms with van der Waals surface area (Å²) in [6, 6.07) is 0.0754. The molecule has 0 aromatic carbocycles. The third-order valence-electron chi connectivity index (χ3n) is 2.33. The molecule has 0 saturated heterocycles. The Bertz CT molecular complexity index is 249. The number of halogens is 2. The first-order chi connectivity index (χ1) is 8.40. The van der Waals surface area contributed by atoms with Gasteiger partial charge in [0.2, 0.25) is 0 Å². The Hall–Kier alpha value is 2.62. The number of rotatable bonds is 6. The van der Waals surface area contributed by atoms with Crippen LogP contribution in [0.4, 0.5) is 0 Å². The van der Waals surface area contributed by atoms with Crippen LogP contribution < -0.4 is 0 Å². The minimum atomic E-state index is -0.376. The van der Waals surface area contributed by atoms with E-state index in [1.807, 2.05) is 34.1 Å². The zero-order valence-corrected chi connectivity index (χ0v) is 21.7. The number of ether oxygens (including phenoxy) is 1. The molecule has 0 aromatic heterocycles. The van der Waals surface area contributed by atoms with Gasteiger partial charge in [-0.05, 0) is 0 Å². The second-order valence-corrected chi connectivity index (χ2v) is 16.3. The molecule has 0 aromatic rings. The van der Waals surface area contributed by atoms with E-state index in [9.17, 15) is 4.79 Å². The summed E-state index contributed by atoms with van der Waals surface area (Å²) in [6.45, 7) is 7.87. The minimum absolute atomic E-state index is 0. The van der Waals surface area contributed by atoms with Gasteiger partial charge in [-0.3, -0.25) is 0 Å². The molecule has 0 aliphatic carbocycles. The molecule has 0 bridgehead atoms. The average Bonchev–Trinajstić information content (AvgIpc) is 2.31. The van der Waals surface area contributed by atoms with Crippen molar-refractivity contribution in [3.63, 3.8) is 0 Å². The van der Waals surface area contributed by atoms with E-state index in [1.54, 1.807) is 12.0 Å². The Balaban J connectivity index is -0.000000580. The number of carbonyl (C=O) groups excluding carboxylic acids is 1. The van der Waals surface area contributed by atoms with E-state index < -0.39 is 0 Å². The standard InChI is InChI=1S/C11H19NO2.2HI.2V.W/c1-7-9(4)12(5)11(13)10(14-6)8(2)3;;;;;/h7-10H,1-4,6H3;2*1H;;;/q-2;;;2*+2;/p-2. The third kappa shape index (κ3) is 11.8. The Morgan fingerprint density at radius 1 is 1.42 bits per heavy atom. The molecular formula is C11H19I2NO2V2W. The van der Waals surface area contributed by atoms with Crippen LogP contribution in [0.2, 0.25) is 0 Å². The second kappa shape index (κ2) is 17.0. The molecule has 8 heteroatoms. The van der Waals surface area contributed by atoms with Crippen LogP contribution in [-0.2, 0) is 56.9 Å². The van der Waals surface area contributed by atoms with E-state index in [4.69, 9.17) is 4.74 Å². The van der Waals surface area contributed by atoms with Gasteiger partial charge in [0.1, 0.15) is 0 Å². The number of hydrogen-bond donors (Lipinski definition) is 0. The van der Waals surface area contributed by atoms with Crippen molar-refractivity contribution in [1.29, 1.82) is 0 Å². The largest absolute Gasteiger partial charge is 2.00 e. The molecule has 2 unspecified atom stereocenters. The van der Waals surface area contributed by atoms with Gasteiger partial charge in [0.15, 0.2) is 0 Å². The molecule has 0 heterocycles. The van der Waals surface area contributed by atoms with Crippen molar-refractivity contribution < 1.29 is 56.9 Å². The van der Waals surface area contributed by atoms with Gasteiger partial charge in [-0.2, -0.15) is 0 Å². The fourth-order valence-electron chi connectivity index (χ4n) is 1.27. The number of hydrogen-bond acceptors (Lipinski definition) is 2. The van der Waals surface area contributed by atoms with Crippen LogP contribution in [0, 0.1) is 12.3 Å². The molecule has 0 rings (SSSR count). The van der Waals surface area contributed by atoms with Crippen LogP contribution in [0.3, 0.4) is 0 Å². The monoisotopic (exact) mass is 737 g/mol. The molecule has 0 N–H and O–H groups in total. The summed E-state index contributed by atoms with van der Waals surface area (Å²) >= 11 is 5.88. The first-order valence-electron chi connectivity index (χ1n) is 5.36. The fourth-order valence-corrected chi connectivity index (χ4v) is 2.19. The Morgan fingerprint density at radius 2 is 1.84 bits per heavy atom. The number of methoxy groups -OCH3 is 1. The zero-order valence-electron chi connectivity index (χ0n) is 11.6. The first kappa shape index (κ1) is 26.5. The molecule has 2 atom stereocenters. The van der Waals surface area contributed by atoms with E-state index >= 15 is 0 Å². The summed E-state index contributed by atoms with van der Waals surface area (Å²) in [7, 11) is 2.20. The minimum Gasteiger partial charge on any atom is 2.00 e. The normalized spacial score (nSPS) is 12.4. The fraction of sp³-hybridized carbons (Fsp3) is 0.727. The van der Waals surface area contributed by atoms with Crippen LogP contribution >= 0.6 is 40.0 Å². The van der Waals surface area contributed by atoms with E-state index in [0.717, 1.165) is 19.4 Å². The molecule has 110 valence electrons. The SMILES string of the molecule is C[CH-]C(C)N([C-]=[W])C(=O)C(OC)C(C)C.[I][V][I].[V+2]. The summed E-state index contributed by atoms with van der Waals surface area (Å²) in [5.74, 6) is 0.172. The summed E-state index contributed by atoms with van der Waals surface area (Å²) in [5, 5.41) is 0. The molecular weight excluding hydrogens is 718 g/mol. The first-order valence-corrected chi connectivity index (χ1v) is 15.8. The second-order valence-electron chi connectivity index (χ2n) is 3.84. The quantitative estimate of drug-likeness (QED) is 0.239. The molecule has 0 saturated carbocycles. The van der Waals surface area contributed by atoms with Gasteiger partial charge in [-0.1, -0.05) is 0 Å². The third-order valence-corrected chi connectivity index (χ3v) is 3.03. The summed E-state index contributed by atoms with van der Waals surface area (Å²) in [6.07, 6.45) is 1.60. The Morgan fingerprint density at radius 3 is 2.05 bits per heavy atom. The maximum Gasteiger partial charge on any atom is 2.00 e. The number of amides is 1. The molecule has 0 aliphatic heterocycles. The zero-order chi connectivity index (χ0) is 14.7. The van der Waals surface area contributed by atoms with Crippen molar-refractivity contribution in [2.24, 2.45) is 5.92 Å². The van der Waals surface area contributed by atoms with Crippen molar-refractivity contribution in [3.8, 4) is 0 Å². The van der Waals surface area contributed by atoms with Crippen LogP contribution in [0.1, 0.15) is 27.7 Å². The molecule has 1 radical (unpaired) electrons. The molecule has 0 spiro atoms. The summed E-state index contributed by atoms with van der Waals surface area (Å²) < 4.78 is 8.19. The van der Waals surface area contributed by atoms with Crippen LogP contribution in [-0.4, -0.2) is 34.6 Å². The maximum absolute atomic E-state index is 12.1. The number of nitrogens with zero attached hydrogens (tertiary/aromatic N) is 1. The van der Waals surface area contributed by atoms with E-state index in [2.05, 4.69) is 44.5 Å². The summed E-state index contributed by atoms with van der Waals surface area (Å²) in [4.78, 5) is 13.7. The van der Waals surface area contributed by atoms with Crippen molar-refractivity contribution in [3.05, 3.63) is 6.42 Å². The van der Waals surface area contributed by atoms with Gasteiger partial charge in [0.25, 0.3) is 0 Å². The molecule has 0 fully saturated rings. The van der Waals surface area contributed by atoms with Gasteiger partial charge >= 0.3 is 171 Å². The van der Waals surface area contributed by atoms with Crippen molar-refractivity contribution >= 4 is 50.4 Å². The topological polar surface area (TPSA) is 29.5 Å². The van der Waals surface area contributed by atoms with Gasteiger partial charge < -0.3 is 0 Å². The number of carbonyl (C=O) groups is 1. The van der Waals surface area contributed by atoms with Crippen molar-refractivity contribution in [1.82, 2.24) is 4.90 Å². The van der Waals surface area contributed by atoms with Crippen molar-refractivity contribution in [2.45, 2.75) is 39.8 Å². The van der Waals surface area contributed by atoms with Gasteiger partial charge in [-0.15, -0.1) is 0 Å². The van der Waals surface area contributed by atoms with Gasteiger partial charge in [-0.25, -0.2) is 0 Å². The van der Waals surface area contributed by atoms with E-state index in [1.165, 1.54) is 0 Å². The van der Waals surface area contributed by atoms with Gasteiger partial charge in [0.05, 0.1) is 0 Å². The van der Waals surface area contributed by atoms with Crippen molar-refractivity contribution in [2.75, 3.05) is 7.11 Å². The molecule has 0 aliphatic rings. The van der Waals surface area contributed by atoms with Crippen LogP contribution in [0.25, 0.3) is 0 Å². The van der Waals surface area contributed by atoms with Crippen LogP contribution in [0.5, 0.6) is 0 Å². The van der Waals surface area contributed by atoms with E-state index in [0.29, 0.717) is 9.47 Å². The smallest absolute Gasteiger partial charge is 2.00 e. The van der Waals surface area contributed by atoms with E-state index in [-0.39, 0.29) is 42.5 Å². The molecule has 19 heavy (non-hydrogen) atoms. The van der Waals surface area contributed by atoms with Crippen LogP contribution in [0.15, 0.2) is 0 Å². The van der Waals surface area contributed by atoms with Gasteiger partial charge in [0, 0.05) is 0 Å². The summed E-state index contributed by atoms with van der Waals surface area (Å²) in [5.41, 5.74) is 0. The molecule has 3 nitrogen and oxygen atoms in total. The Labute approximate surface area is 169 Å². The predicted molar refractivity (Wildman–Crippen MR) is 85.0 cm³/mol. The molecule has 1 amide bonds. The predicted octanol–water partition coefficient (Wildman–Crippen LogP) is 3.05. The Kier molecular flexibility index (Phi) is 23.7. The maximum atomic E-state index is 12.1.